The standard InChI is InChI=1S/C6H10O4/c1-8-6-5-4(10-5)3(2-7)9-6/h3-7H,2H2,1H3. The summed E-state index contributed by atoms with van der Waals surface area (Å²) in [5, 5.41) is 8.72. The van der Waals surface area contributed by atoms with Crippen molar-refractivity contribution in [1.82, 2.24) is 0 Å². The van der Waals surface area contributed by atoms with Gasteiger partial charge >= 0.3 is 0 Å². The van der Waals surface area contributed by atoms with Crippen molar-refractivity contribution in [1.29, 1.82) is 0 Å². The SMILES string of the molecule is COC1OC(CO)C2OC12. The molecule has 4 heteroatoms. The molecule has 2 saturated heterocycles. The van der Waals surface area contributed by atoms with Gasteiger partial charge in [0.1, 0.15) is 18.3 Å². The van der Waals surface area contributed by atoms with Gasteiger partial charge in [-0.15, -0.1) is 0 Å². The van der Waals surface area contributed by atoms with Gasteiger partial charge in [-0.3, -0.25) is 0 Å². The van der Waals surface area contributed by atoms with Crippen LogP contribution in [0, 0.1) is 0 Å². The summed E-state index contributed by atoms with van der Waals surface area (Å²) in [4.78, 5) is 0. The molecule has 0 radical (unpaired) electrons. The van der Waals surface area contributed by atoms with E-state index in [1.54, 1.807) is 7.11 Å². The van der Waals surface area contributed by atoms with Gasteiger partial charge in [-0.1, -0.05) is 0 Å². The van der Waals surface area contributed by atoms with Crippen LogP contribution in [0.4, 0.5) is 0 Å². The number of hydrogen-bond acceptors (Lipinski definition) is 4. The maximum atomic E-state index is 8.72. The first-order chi connectivity index (χ1) is 4.86. The first-order valence-corrected chi connectivity index (χ1v) is 3.31. The highest BCUT2D eigenvalue weighted by Gasteiger charge is 2.58. The first-order valence-electron chi connectivity index (χ1n) is 3.31. The maximum Gasteiger partial charge on any atom is 0.186 e. The summed E-state index contributed by atoms with van der Waals surface area (Å²) < 4.78 is 15.3. The number of aliphatic hydroxyl groups is 1. The third kappa shape index (κ3) is 0.769. The molecule has 0 aromatic heterocycles. The topological polar surface area (TPSA) is 51.2 Å². The zero-order valence-electron chi connectivity index (χ0n) is 5.69. The van der Waals surface area contributed by atoms with E-state index in [0.717, 1.165) is 0 Å². The molecule has 0 amide bonds. The minimum absolute atomic E-state index is 0.0149. The summed E-state index contributed by atoms with van der Waals surface area (Å²) in [6, 6.07) is 0. The molecule has 2 aliphatic rings. The number of hydrogen-bond donors (Lipinski definition) is 1. The Hall–Kier alpha value is -0.160. The molecule has 0 aromatic rings. The molecule has 10 heavy (non-hydrogen) atoms. The molecule has 4 atom stereocenters. The summed E-state index contributed by atoms with van der Waals surface area (Å²) in [6.07, 6.45) is -0.283. The molecule has 2 rings (SSSR count). The van der Waals surface area contributed by atoms with Crippen LogP contribution in [0.25, 0.3) is 0 Å². The molecule has 4 nitrogen and oxygen atoms in total. The fourth-order valence-electron chi connectivity index (χ4n) is 1.32. The van der Waals surface area contributed by atoms with Crippen LogP contribution in [0.1, 0.15) is 0 Å². The van der Waals surface area contributed by atoms with Crippen molar-refractivity contribution in [3.63, 3.8) is 0 Å². The van der Waals surface area contributed by atoms with Crippen LogP contribution in [0.3, 0.4) is 0 Å². The molecule has 2 heterocycles. The Morgan fingerprint density at radius 2 is 2.20 bits per heavy atom. The normalized spacial score (nSPS) is 51.0. The van der Waals surface area contributed by atoms with Crippen molar-refractivity contribution in [2.45, 2.75) is 24.6 Å². The molecule has 0 spiro atoms. The van der Waals surface area contributed by atoms with Crippen LogP contribution in [-0.4, -0.2) is 43.4 Å². The van der Waals surface area contributed by atoms with E-state index in [1.165, 1.54) is 0 Å². The number of epoxide rings is 1. The summed E-state index contributed by atoms with van der Waals surface area (Å²) in [5.41, 5.74) is 0. The highest BCUT2D eigenvalue weighted by atomic mass is 16.8. The predicted octanol–water partition coefficient (Wildman–Crippen LogP) is -0.883. The molecule has 2 fully saturated rings. The molecule has 0 aliphatic carbocycles. The number of methoxy groups -OCH3 is 1. The van der Waals surface area contributed by atoms with Gasteiger partial charge in [0.25, 0.3) is 0 Å². The van der Waals surface area contributed by atoms with E-state index in [1.807, 2.05) is 0 Å². The lowest BCUT2D eigenvalue weighted by molar-refractivity contribution is -0.166. The third-order valence-corrected chi connectivity index (χ3v) is 1.92. The zero-order valence-corrected chi connectivity index (χ0v) is 5.69. The van der Waals surface area contributed by atoms with Gasteiger partial charge in [-0.05, 0) is 0 Å². The Morgan fingerprint density at radius 1 is 1.40 bits per heavy atom. The van der Waals surface area contributed by atoms with E-state index in [-0.39, 0.29) is 31.2 Å². The van der Waals surface area contributed by atoms with Gasteiger partial charge < -0.3 is 19.3 Å². The summed E-state index contributed by atoms with van der Waals surface area (Å²) in [6.45, 7) is 0.0149. The monoisotopic (exact) mass is 146 g/mol. The van der Waals surface area contributed by atoms with E-state index >= 15 is 0 Å². The van der Waals surface area contributed by atoms with Crippen molar-refractivity contribution in [3.05, 3.63) is 0 Å². The van der Waals surface area contributed by atoms with Crippen LogP contribution in [0.5, 0.6) is 0 Å². The average Bonchev–Trinajstić information content (AvgIpc) is 2.67. The fourth-order valence-corrected chi connectivity index (χ4v) is 1.32. The van der Waals surface area contributed by atoms with E-state index in [4.69, 9.17) is 19.3 Å². The first kappa shape index (κ1) is 6.54. The van der Waals surface area contributed by atoms with Crippen LogP contribution < -0.4 is 0 Å². The second-order valence-electron chi connectivity index (χ2n) is 2.53. The molecule has 58 valence electrons. The van der Waals surface area contributed by atoms with Crippen LogP contribution in [0.2, 0.25) is 0 Å². The van der Waals surface area contributed by atoms with Crippen molar-refractivity contribution >= 4 is 0 Å². The second kappa shape index (κ2) is 2.17. The quantitative estimate of drug-likeness (QED) is 0.514. The van der Waals surface area contributed by atoms with E-state index < -0.39 is 0 Å². The molecule has 0 aromatic carbocycles. The van der Waals surface area contributed by atoms with Gasteiger partial charge in [0.2, 0.25) is 0 Å². The Kier molecular flexibility index (Phi) is 1.42. The maximum absolute atomic E-state index is 8.72. The number of aliphatic hydroxyl groups excluding tert-OH is 1. The van der Waals surface area contributed by atoms with Crippen molar-refractivity contribution in [2.24, 2.45) is 0 Å². The smallest absolute Gasteiger partial charge is 0.186 e. The third-order valence-electron chi connectivity index (χ3n) is 1.92. The summed E-state index contributed by atoms with van der Waals surface area (Å²) in [7, 11) is 1.57. The Balaban J connectivity index is 1.95. The minimum Gasteiger partial charge on any atom is -0.394 e. The minimum atomic E-state index is -0.262. The van der Waals surface area contributed by atoms with Crippen LogP contribution in [0.15, 0.2) is 0 Å². The Morgan fingerprint density at radius 3 is 2.60 bits per heavy atom. The molecule has 2 aliphatic heterocycles. The Labute approximate surface area is 58.7 Å². The molecule has 1 N–H and O–H groups in total. The van der Waals surface area contributed by atoms with Gasteiger partial charge in [-0.25, -0.2) is 0 Å². The fraction of sp³-hybridized carbons (Fsp3) is 1.00. The van der Waals surface area contributed by atoms with Crippen LogP contribution in [-0.2, 0) is 14.2 Å². The highest BCUT2D eigenvalue weighted by Crippen LogP contribution is 2.38. The largest absolute Gasteiger partial charge is 0.394 e. The lowest BCUT2D eigenvalue weighted by Crippen LogP contribution is -2.23. The lowest BCUT2D eigenvalue weighted by Gasteiger charge is -2.13. The number of rotatable bonds is 2. The van der Waals surface area contributed by atoms with Crippen molar-refractivity contribution in [3.8, 4) is 0 Å². The van der Waals surface area contributed by atoms with E-state index in [0.29, 0.717) is 0 Å². The second-order valence-corrected chi connectivity index (χ2v) is 2.53. The van der Waals surface area contributed by atoms with E-state index in [9.17, 15) is 0 Å². The van der Waals surface area contributed by atoms with Gasteiger partial charge in [0.15, 0.2) is 6.29 Å². The number of fused-ring (bicyclic) bond motifs is 1. The summed E-state index contributed by atoms with van der Waals surface area (Å²) in [5.74, 6) is 0. The van der Waals surface area contributed by atoms with Crippen LogP contribution >= 0.6 is 0 Å². The Bertz CT molecular complexity index is 124. The van der Waals surface area contributed by atoms with Gasteiger partial charge in [0, 0.05) is 7.11 Å². The average molecular weight is 146 g/mol. The van der Waals surface area contributed by atoms with Gasteiger partial charge in [0.05, 0.1) is 6.61 Å². The predicted molar refractivity (Wildman–Crippen MR) is 31.4 cm³/mol. The molecular formula is C6H10O4. The number of ether oxygens (including phenoxy) is 3. The highest BCUT2D eigenvalue weighted by molar-refractivity contribution is 4.99. The van der Waals surface area contributed by atoms with E-state index in [2.05, 4.69) is 0 Å². The molecule has 0 bridgehead atoms. The molecule has 4 unspecified atom stereocenters. The zero-order chi connectivity index (χ0) is 7.14. The molecule has 0 saturated carbocycles. The summed E-state index contributed by atoms with van der Waals surface area (Å²) >= 11 is 0. The molecular weight excluding hydrogens is 136 g/mol. The van der Waals surface area contributed by atoms with Gasteiger partial charge in [-0.2, -0.15) is 0 Å². The lowest BCUT2D eigenvalue weighted by atomic mass is 10.2. The van der Waals surface area contributed by atoms with Crippen molar-refractivity contribution < 1.29 is 19.3 Å². The van der Waals surface area contributed by atoms with Crippen molar-refractivity contribution in [2.75, 3.05) is 13.7 Å².